The molecular formula is C26H35FN2O4S. The first kappa shape index (κ1) is 24.9. The summed E-state index contributed by atoms with van der Waals surface area (Å²) in [5.41, 5.74) is 0.509. The zero-order valence-corrected chi connectivity index (χ0v) is 20.6. The van der Waals surface area contributed by atoms with Gasteiger partial charge >= 0.3 is 0 Å². The van der Waals surface area contributed by atoms with Crippen molar-refractivity contribution >= 4 is 26.9 Å². The molecule has 2 N–H and O–H groups in total. The van der Waals surface area contributed by atoms with Gasteiger partial charge in [0, 0.05) is 27.8 Å². The predicted octanol–water partition coefficient (Wildman–Crippen LogP) is 3.99. The van der Waals surface area contributed by atoms with E-state index in [9.17, 15) is 18.2 Å². The van der Waals surface area contributed by atoms with Gasteiger partial charge in [-0.25, -0.2) is 9.11 Å². The van der Waals surface area contributed by atoms with Crippen LogP contribution in [0.4, 0.5) is 4.39 Å². The second-order valence-corrected chi connectivity index (χ2v) is 12.1. The summed E-state index contributed by atoms with van der Waals surface area (Å²) in [7, 11) is -2.43. The molecule has 6 nitrogen and oxygen atoms in total. The first-order chi connectivity index (χ1) is 16.3. The number of rotatable bonds is 12. The average molecular weight is 491 g/mol. The first-order valence-electron chi connectivity index (χ1n) is 12.4. The van der Waals surface area contributed by atoms with Gasteiger partial charge in [-0.15, -0.1) is 0 Å². The van der Waals surface area contributed by atoms with Crippen molar-refractivity contribution in [1.29, 1.82) is 0 Å². The number of allylic oxidation sites excluding steroid dienone is 2. The highest BCUT2D eigenvalue weighted by molar-refractivity contribution is 7.99. The van der Waals surface area contributed by atoms with Crippen molar-refractivity contribution < 1.29 is 22.9 Å². The fourth-order valence-corrected chi connectivity index (χ4v) is 6.70. The largest absolute Gasteiger partial charge is 0.490 e. The van der Waals surface area contributed by atoms with Crippen molar-refractivity contribution in [3.63, 3.8) is 0 Å². The Balaban J connectivity index is 1.36. The molecule has 0 radical (unpaired) electrons. The number of ether oxygens (including phenoxy) is 1. The van der Waals surface area contributed by atoms with Gasteiger partial charge in [0.2, 0.25) is 11.8 Å². The third kappa shape index (κ3) is 6.48. The molecule has 2 saturated carbocycles. The van der Waals surface area contributed by atoms with E-state index in [2.05, 4.69) is 10.0 Å². The van der Waals surface area contributed by atoms with E-state index in [4.69, 9.17) is 4.74 Å². The number of hydrogen-bond acceptors (Lipinski definition) is 4. The number of carbonyl (C=O) groups is 2. The Bertz CT molecular complexity index is 1070. The fourth-order valence-electron chi connectivity index (χ4n) is 4.34. The second-order valence-electron chi connectivity index (χ2n) is 9.73. The molecule has 8 heteroatoms. The van der Waals surface area contributed by atoms with Crippen LogP contribution in [0.1, 0.15) is 70.3 Å². The van der Waals surface area contributed by atoms with Crippen molar-refractivity contribution in [3.8, 4) is 5.75 Å². The van der Waals surface area contributed by atoms with Crippen LogP contribution < -0.4 is 14.8 Å². The monoisotopic (exact) mass is 490 g/mol. The Morgan fingerprint density at radius 2 is 2.03 bits per heavy atom. The van der Waals surface area contributed by atoms with Gasteiger partial charge in [0.25, 0.3) is 0 Å². The molecule has 2 unspecified atom stereocenters. The van der Waals surface area contributed by atoms with Gasteiger partial charge in [0.05, 0.1) is 12.1 Å². The number of imide groups is 1. The van der Waals surface area contributed by atoms with E-state index in [-0.39, 0.29) is 29.3 Å². The summed E-state index contributed by atoms with van der Waals surface area (Å²) < 4.78 is 37.2. The van der Waals surface area contributed by atoms with E-state index in [0.29, 0.717) is 50.4 Å². The van der Waals surface area contributed by atoms with Gasteiger partial charge in [-0.05, 0) is 80.3 Å². The summed E-state index contributed by atoms with van der Waals surface area (Å²) in [4.78, 5) is 23.1. The van der Waals surface area contributed by atoms with Crippen molar-refractivity contribution in [2.45, 2.75) is 70.3 Å². The molecule has 2 amide bonds. The van der Waals surface area contributed by atoms with Crippen LogP contribution >= 0.6 is 0 Å². The van der Waals surface area contributed by atoms with Gasteiger partial charge in [-0.1, -0.05) is 25.1 Å². The summed E-state index contributed by atoms with van der Waals surface area (Å²) in [6.45, 7) is 2.52. The highest BCUT2D eigenvalue weighted by atomic mass is 32.2. The lowest BCUT2D eigenvalue weighted by Gasteiger charge is -2.23. The molecule has 186 valence electrons. The third-order valence-electron chi connectivity index (χ3n) is 6.74. The predicted molar refractivity (Wildman–Crippen MR) is 132 cm³/mol. The molecular weight excluding hydrogens is 455 g/mol. The van der Waals surface area contributed by atoms with E-state index >= 15 is 0 Å². The van der Waals surface area contributed by atoms with Gasteiger partial charge in [-0.2, -0.15) is 0 Å². The SMILES string of the molecule is CCC=S(=O)(CC/C=C/CC1CCC(=O)NC1=O)NC1(c2ccc(F)c(OCC3CC3)c2)CC1. The first-order valence-corrected chi connectivity index (χ1v) is 14.2. The van der Waals surface area contributed by atoms with Gasteiger partial charge in [0.15, 0.2) is 11.6 Å². The lowest BCUT2D eigenvalue weighted by atomic mass is 9.95. The van der Waals surface area contributed by atoms with Crippen molar-refractivity contribution in [1.82, 2.24) is 10.0 Å². The number of hydrogen-bond donors (Lipinski definition) is 2. The van der Waals surface area contributed by atoms with Crippen LogP contribution in [0.5, 0.6) is 5.75 Å². The molecule has 2 aliphatic carbocycles. The highest BCUT2D eigenvalue weighted by Crippen LogP contribution is 2.47. The van der Waals surface area contributed by atoms with Crippen LogP contribution in [0, 0.1) is 17.7 Å². The van der Waals surface area contributed by atoms with Gasteiger partial charge in [0.1, 0.15) is 0 Å². The maximum atomic E-state index is 14.3. The van der Waals surface area contributed by atoms with E-state index in [1.54, 1.807) is 12.1 Å². The quantitative estimate of drug-likeness (QED) is 0.264. The van der Waals surface area contributed by atoms with Gasteiger partial charge < -0.3 is 4.74 Å². The topological polar surface area (TPSA) is 84.5 Å². The number of benzene rings is 1. The number of amides is 2. The molecule has 34 heavy (non-hydrogen) atoms. The number of nitrogens with one attached hydrogen (secondary N) is 2. The molecule has 1 aromatic carbocycles. The van der Waals surface area contributed by atoms with Crippen LogP contribution in [0.25, 0.3) is 0 Å². The zero-order valence-electron chi connectivity index (χ0n) is 19.8. The summed E-state index contributed by atoms with van der Waals surface area (Å²) in [6, 6.07) is 4.98. The average Bonchev–Trinajstić information content (AvgIpc) is 3.71. The molecule has 0 aromatic heterocycles. The molecule has 2 atom stereocenters. The van der Waals surface area contributed by atoms with Crippen LogP contribution in [-0.4, -0.2) is 33.8 Å². The third-order valence-corrected chi connectivity index (χ3v) is 9.19. The van der Waals surface area contributed by atoms with Crippen LogP contribution in [0.15, 0.2) is 30.4 Å². The standard InChI is InChI=1S/C26H35FN2O4S/c1-2-15-34(32,16-5-3-4-6-20-9-12-24(30)28-25(20)31)29-26(13-14-26)21-10-11-22(27)23(17-21)33-18-19-7-8-19/h3-4,10-11,15,17,19-20H,2,5-9,12-14,16,18H2,1H3,(H,29,32)(H,28,30,31)/b4-3+. The molecule has 1 saturated heterocycles. The Morgan fingerprint density at radius 1 is 1.24 bits per heavy atom. The minimum Gasteiger partial charge on any atom is -0.490 e. The molecule has 4 rings (SSSR count). The number of piperidine rings is 1. The lowest BCUT2D eigenvalue weighted by molar-refractivity contribution is -0.136. The Labute approximate surface area is 201 Å². The number of halogens is 1. The zero-order chi connectivity index (χ0) is 24.2. The fraction of sp³-hybridized carbons (Fsp3) is 0.577. The minimum atomic E-state index is -2.43. The van der Waals surface area contributed by atoms with E-state index in [0.717, 1.165) is 31.2 Å². The van der Waals surface area contributed by atoms with Crippen molar-refractivity contribution in [2.24, 2.45) is 11.8 Å². The Morgan fingerprint density at radius 3 is 2.71 bits per heavy atom. The summed E-state index contributed by atoms with van der Waals surface area (Å²) in [5, 5.41) is 4.23. The number of carbonyl (C=O) groups excluding carboxylic acids is 2. The van der Waals surface area contributed by atoms with Gasteiger partial charge in [-0.3, -0.25) is 19.1 Å². The molecule has 3 aliphatic rings. The van der Waals surface area contributed by atoms with E-state index < -0.39 is 15.2 Å². The second kappa shape index (κ2) is 10.6. The highest BCUT2D eigenvalue weighted by Gasteiger charge is 2.46. The molecule has 3 fully saturated rings. The molecule has 1 heterocycles. The van der Waals surface area contributed by atoms with Crippen LogP contribution in [-0.2, 0) is 24.8 Å². The summed E-state index contributed by atoms with van der Waals surface area (Å²) in [5.74, 6) is 0.326. The molecule has 1 aromatic rings. The Hall–Kier alpha value is -2.19. The molecule has 0 spiro atoms. The van der Waals surface area contributed by atoms with E-state index in [1.165, 1.54) is 6.07 Å². The molecule has 0 bridgehead atoms. The van der Waals surface area contributed by atoms with Crippen LogP contribution in [0.2, 0.25) is 0 Å². The van der Waals surface area contributed by atoms with E-state index in [1.807, 2.05) is 24.4 Å². The maximum absolute atomic E-state index is 14.3. The van der Waals surface area contributed by atoms with Crippen molar-refractivity contribution in [2.75, 3.05) is 12.4 Å². The molecule has 1 aliphatic heterocycles. The lowest BCUT2D eigenvalue weighted by Crippen LogP contribution is -2.40. The normalized spacial score (nSPS) is 23.4. The maximum Gasteiger partial charge on any atom is 0.229 e. The Kier molecular flexibility index (Phi) is 7.77. The summed E-state index contributed by atoms with van der Waals surface area (Å²) >= 11 is 0. The summed E-state index contributed by atoms with van der Waals surface area (Å²) in [6.07, 6.45) is 10.7. The van der Waals surface area contributed by atoms with Crippen LogP contribution in [0.3, 0.4) is 0 Å². The minimum absolute atomic E-state index is 0.178. The smallest absolute Gasteiger partial charge is 0.229 e. The van der Waals surface area contributed by atoms with Crippen molar-refractivity contribution in [3.05, 3.63) is 41.7 Å².